The van der Waals surface area contributed by atoms with Crippen LogP contribution in [0.4, 0.5) is 0 Å². The van der Waals surface area contributed by atoms with E-state index in [1.54, 1.807) is 18.2 Å². The summed E-state index contributed by atoms with van der Waals surface area (Å²) in [5.74, 6) is 0.834. The number of sulfonamides is 1. The number of aliphatic hydroxyl groups excluding tert-OH is 1. The Hall–Kier alpha value is -0.560. The zero-order valence-corrected chi connectivity index (χ0v) is 12.9. The monoisotopic (exact) mass is 303 g/mol. The van der Waals surface area contributed by atoms with Crippen LogP contribution in [0.3, 0.4) is 0 Å². The number of rotatable bonds is 8. The average Bonchev–Trinajstić information content (AvgIpc) is 2.42. The van der Waals surface area contributed by atoms with Gasteiger partial charge in [0.1, 0.15) is 0 Å². The van der Waals surface area contributed by atoms with Gasteiger partial charge < -0.3 is 5.11 Å². The molecular weight excluding hydrogens is 282 g/mol. The standard InChI is InChI=1S/C13H21NO3S2/c1-3-8-14-19(16,17)13-7-5-4-6-12(13)18-10-11(2)9-15/h4-7,11,14-15H,3,8-10H2,1-2H3. The van der Waals surface area contributed by atoms with Crippen LogP contribution in [0, 0.1) is 5.92 Å². The Morgan fingerprint density at radius 3 is 2.68 bits per heavy atom. The maximum absolute atomic E-state index is 12.2. The average molecular weight is 303 g/mol. The van der Waals surface area contributed by atoms with E-state index in [2.05, 4.69) is 4.72 Å². The molecule has 0 radical (unpaired) electrons. The van der Waals surface area contributed by atoms with Crippen molar-refractivity contribution in [2.45, 2.75) is 30.1 Å². The van der Waals surface area contributed by atoms with Gasteiger partial charge in [0.2, 0.25) is 10.0 Å². The molecule has 19 heavy (non-hydrogen) atoms. The first-order chi connectivity index (χ1) is 9.01. The molecule has 0 fully saturated rings. The van der Waals surface area contributed by atoms with Crippen LogP contribution in [0.2, 0.25) is 0 Å². The number of hydrogen-bond acceptors (Lipinski definition) is 4. The molecule has 2 N–H and O–H groups in total. The van der Waals surface area contributed by atoms with Crippen molar-refractivity contribution in [3.8, 4) is 0 Å². The van der Waals surface area contributed by atoms with Crippen molar-refractivity contribution in [2.75, 3.05) is 18.9 Å². The van der Waals surface area contributed by atoms with Crippen molar-refractivity contribution >= 4 is 21.8 Å². The van der Waals surface area contributed by atoms with E-state index in [4.69, 9.17) is 5.11 Å². The predicted octanol–water partition coefficient (Wildman–Crippen LogP) is 2.10. The van der Waals surface area contributed by atoms with Crippen molar-refractivity contribution in [1.29, 1.82) is 0 Å². The van der Waals surface area contributed by atoms with E-state index in [9.17, 15) is 8.42 Å². The molecule has 0 aromatic heterocycles. The Labute approximate surface area is 119 Å². The van der Waals surface area contributed by atoms with Crippen LogP contribution >= 0.6 is 11.8 Å². The molecule has 0 saturated carbocycles. The number of nitrogens with one attached hydrogen (secondary N) is 1. The molecule has 0 aliphatic heterocycles. The fourth-order valence-corrected chi connectivity index (χ4v) is 4.07. The molecule has 0 spiro atoms. The van der Waals surface area contributed by atoms with Gasteiger partial charge in [0.25, 0.3) is 0 Å². The van der Waals surface area contributed by atoms with E-state index < -0.39 is 10.0 Å². The van der Waals surface area contributed by atoms with Gasteiger partial charge in [0.05, 0.1) is 4.90 Å². The molecule has 0 aliphatic rings. The van der Waals surface area contributed by atoms with Crippen LogP contribution in [0.15, 0.2) is 34.1 Å². The second kappa shape index (κ2) is 7.89. The van der Waals surface area contributed by atoms with Gasteiger partial charge in [0, 0.05) is 23.8 Å². The largest absolute Gasteiger partial charge is 0.396 e. The first-order valence-corrected chi connectivity index (χ1v) is 8.80. The zero-order valence-electron chi connectivity index (χ0n) is 11.3. The minimum absolute atomic E-state index is 0.107. The third kappa shape index (κ3) is 5.14. The van der Waals surface area contributed by atoms with Gasteiger partial charge in [-0.15, -0.1) is 11.8 Å². The number of benzene rings is 1. The second-order valence-electron chi connectivity index (χ2n) is 4.44. The number of aliphatic hydroxyl groups is 1. The highest BCUT2D eigenvalue weighted by Crippen LogP contribution is 2.27. The number of hydrogen-bond donors (Lipinski definition) is 2. The van der Waals surface area contributed by atoms with Gasteiger partial charge in [-0.05, 0) is 24.5 Å². The van der Waals surface area contributed by atoms with Crippen molar-refractivity contribution in [3.63, 3.8) is 0 Å². The van der Waals surface area contributed by atoms with Crippen LogP contribution in [0.25, 0.3) is 0 Å². The van der Waals surface area contributed by atoms with E-state index in [0.717, 1.165) is 11.3 Å². The Balaban J connectivity index is 2.89. The summed E-state index contributed by atoms with van der Waals surface area (Å²) in [4.78, 5) is 1.05. The molecule has 1 aromatic carbocycles. The van der Waals surface area contributed by atoms with E-state index in [0.29, 0.717) is 17.2 Å². The van der Waals surface area contributed by atoms with Crippen LogP contribution < -0.4 is 4.72 Å². The fourth-order valence-electron chi connectivity index (χ4n) is 1.39. The van der Waals surface area contributed by atoms with Crippen molar-refractivity contribution in [3.05, 3.63) is 24.3 Å². The molecule has 0 aliphatic carbocycles. The molecule has 6 heteroatoms. The van der Waals surface area contributed by atoms with Gasteiger partial charge in [-0.3, -0.25) is 0 Å². The highest BCUT2D eigenvalue weighted by Gasteiger charge is 2.17. The minimum atomic E-state index is -3.44. The number of thioether (sulfide) groups is 1. The highest BCUT2D eigenvalue weighted by atomic mass is 32.2. The Kier molecular flexibility index (Phi) is 6.85. The van der Waals surface area contributed by atoms with Crippen LogP contribution in [0.5, 0.6) is 0 Å². The van der Waals surface area contributed by atoms with Crippen molar-refractivity contribution in [1.82, 2.24) is 4.72 Å². The lowest BCUT2D eigenvalue weighted by atomic mass is 10.2. The highest BCUT2D eigenvalue weighted by molar-refractivity contribution is 8.00. The molecule has 108 valence electrons. The molecule has 4 nitrogen and oxygen atoms in total. The first kappa shape index (κ1) is 16.5. The Morgan fingerprint density at radius 1 is 1.37 bits per heavy atom. The lowest BCUT2D eigenvalue weighted by Crippen LogP contribution is -2.25. The lowest BCUT2D eigenvalue weighted by Gasteiger charge is -2.12. The van der Waals surface area contributed by atoms with E-state index in [1.807, 2.05) is 19.9 Å². The summed E-state index contributed by atoms with van der Waals surface area (Å²) >= 11 is 1.46. The van der Waals surface area contributed by atoms with E-state index in [-0.39, 0.29) is 12.5 Å². The zero-order chi connectivity index (χ0) is 14.3. The quantitative estimate of drug-likeness (QED) is 0.722. The summed E-state index contributed by atoms with van der Waals surface area (Å²) in [5, 5.41) is 9.01. The molecule has 0 saturated heterocycles. The Morgan fingerprint density at radius 2 is 2.05 bits per heavy atom. The SMILES string of the molecule is CCCNS(=O)(=O)c1ccccc1SCC(C)CO. The molecule has 0 bridgehead atoms. The maximum atomic E-state index is 12.2. The first-order valence-electron chi connectivity index (χ1n) is 6.33. The molecule has 1 aromatic rings. The second-order valence-corrected chi connectivity index (χ2v) is 7.24. The van der Waals surface area contributed by atoms with Gasteiger partial charge in [-0.1, -0.05) is 26.0 Å². The summed E-state index contributed by atoms with van der Waals surface area (Å²) in [5.41, 5.74) is 0. The summed E-state index contributed by atoms with van der Waals surface area (Å²) in [6.07, 6.45) is 0.760. The van der Waals surface area contributed by atoms with Gasteiger partial charge >= 0.3 is 0 Å². The molecular formula is C13H21NO3S2. The maximum Gasteiger partial charge on any atom is 0.241 e. The van der Waals surface area contributed by atoms with E-state index >= 15 is 0 Å². The van der Waals surface area contributed by atoms with Gasteiger partial charge in [-0.2, -0.15) is 0 Å². The van der Waals surface area contributed by atoms with Crippen LogP contribution in [-0.4, -0.2) is 32.4 Å². The third-order valence-electron chi connectivity index (χ3n) is 2.52. The summed E-state index contributed by atoms with van der Waals surface area (Å²) in [6.45, 7) is 4.40. The lowest BCUT2D eigenvalue weighted by molar-refractivity contribution is 0.250. The smallest absolute Gasteiger partial charge is 0.241 e. The third-order valence-corrected chi connectivity index (χ3v) is 5.57. The van der Waals surface area contributed by atoms with E-state index in [1.165, 1.54) is 11.8 Å². The van der Waals surface area contributed by atoms with Crippen molar-refractivity contribution in [2.24, 2.45) is 5.92 Å². The van der Waals surface area contributed by atoms with Gasteiger partial charge in [0.15, 0.2) is 0 Å². The summed E-state index contributed by atoms with van der Waals surface area (Å²) in [6, 6.07) is 6.96. The topological polar surface area (TPSA) is 66.4 Å². The molecule has 1 atom stereocenters. The minimum Gasteiger partial charge on any atom is -0.396 e. The molecule has 0 amide bonds. The molecule has 1 rings (SSSR count). The van der Waals surface area contributed by atoms with Crippen LogP contribution in [-0.2, 0) is 10.0 Å². The van der Waals surface area contributed by atoms with Gasteiger partial charge in [-0.25, -0.2) is 13.1 Å². The Bertz CT molecular complexity index is 488. The summed E-state index contributed by atoms with van der Waals surface area (Å²) in [7, 11) is -3.44. The predicted molar refractivity (Wildman–Crippen MR) is 78.9 cm³/mol. The fraction of sp³-hybridized carbons (Fsp3) is 0.538. The van der Waals surface area contributed by atoms with Crippen molar-refractivity contribution < 1.29 is 13.5 Å². The van der Waals surface area contributed by atoms with Crippen LogP contribution in [0.1, 0.15) is 20.3 Å². The molecule has 1 unspecified atom stereocenters. The normalized spacial score (nSPS) is 13.4. The summed E-state index contributed by atoms with van der Waals surface area (Å²) < 4.78 is 26.9. The molecule has 0 heterocycles.